The van der Waals surface area contributed by atoms with Crippen molar-refractivity contribution < 1.29 is 5.11 Å². The maximum Gasteiger partial charge on any atom is 0.0682 e. The van der Waals surface area contributed by atoms with Gasteiger partial charge in [0, 0.05) is 28.3 Å². The molecule has 0 bridgehead atoms. The summed E-state index contributed by atoms with van der Waals surface area (Å²) in [7, 11) is 0. The van der Waals surface area contributed by atoms with Gasteiger partial charge in [-0.25, -0.2) is 0 Å². The lowest BCUT2D eigenvalue weighted by Gasteiger charge is -2.09. The normalized spacial score (nSPS) is 11.2. The lowest BCUT2D eigenvalue weighted by Crippen LogP contribution is -1.99. The topological polar surface area (TPSA) is 25.2 Å². The van der Waals surface area contributed by atoms with E-state index in [1.54, 1.807) is 6.07 Å². The van der Waals surface area contributed by atoms with Crippen molar-refractivity contribution in [1.82, 2.24) is 4.57 Å². The Balaban J connectivity index is 2.04. The highest BCUT2D eigenvalue weighted by molar-refractivity contribution is 6.33. The van der Waals surface area contributed by atoms with Gasteiger partial charge in [-0.2, -0.15) is 0 Å². The first-order valence-corrected chi connectivity index (χ1v) is 7.05. The number of hydrogen-bond donors (Lipinski definition) is 1. The van der Waals surface area contributed by atoms with Crippen molar-refractivity contribution in [3.8, 4) is 0 Å². The summed E-state index contributed by atoms with van der Waals surface area (Å²) in [6.07, 6.45) is 2.02. The van der Waals surface area contributed by atoms with Crippen LogP contribution in [0.15, 0.2) is 48.7 Å². The third-order valence-corrected chi connectivity index (χ3v) is 3.97. The van der Waals surface area contributed by atoms with Gasteiger partial charge in [0.25, 0.3) is 0 Å². The number of aliphatic hydroxyl groups is 1. The van der Waals surface area contributed by atoms with Crippen molar-refractivity contribution in [3.05, 3.63) is 69.8 Å². The molecule has 0 unspecified atom stereocenters. The Hall–Kier alpha value is -1.48. The van der Waals surface area contributed by atoms with E-state index < -0.39 is 0 Å². The third-order valence-electron chi connectivity index (χ3n) is 3.37. The monoisotopic (exact) mass is 305 g/mol. The van der Waals surface area contributed by atoms with E-state index in [-0.39, 0.29) is 6.61 Å². The zero-order chi connectivity index (χ0) is 14.1. The first-order valence-electron chi connectivity index (χ1n) is 6.30. The Morgan fingerprint density at radius 2 is 1.85 bits per heavy atom. The van der Waals surface area contributed by atoms with E-state index in [2.05, 4.69) is 10.6 Å². The van der Waals surface area contributed by atoms with Gasteiger partial charge in [-0.3, -0.25) is 0 Å². The summed E-state index contributed by atoms with van der Waals surface area (Å²) in [5.41, 5.74) is 2.95. The number of rotatable bonds is 3. The Bertz CT molecular complexity index is 764. The fourth-order valence-corrected chi connectivity index (χ4v) is 2.69. The number of hydrogen-bond acceptors (Lipinski definition) is 1. The van der Waals surface area contributed by atoms with Crippen LogP contribution in [0.1, 0.15) is 11.1 Å². The highest BCUT2D eigenvalue weighted by atomic mass is 35.5. The maximum absolute atomic E-state index is 9.25. The number of halogens is 2. The minimum absolute atomic E-state index is 0.0407. The van der Waals surface area contributed by atoms with E-state index >= 15 is 0 Å². The van der Waals surface area contributed by atoms with Gasteiger partial charge in [0.2, 0.25) is 0 Å². The first-order chi connectivity index (χ1) is 9.67. The van der Waals surface area contributed by atoms with Crippen molar-refractivity contribution in [3.63, 3.8) is 0 Å². The van der Waals surface area contributed by atoms with Crippen LogP contribution < -0.4 is 0 Å². The number of aromatic nitrogens is 1. The summed E-state index contributed by atoms with van der Waals surface area (Å²) in [6.45, 7) is 0.691. The molecule has 0 amide bonds. The summed E-state index contributed by atoms with van der Waals surface area (Å²) in [5.74, 6) is 0. The molecule has 0 saturated carbocycles. The summed E-state index contributed by atoms with van der Waals surface area (Å²) in [4.78, 5) is 0. The Labute approximate surface area is 127 Å². The zero-order valence-corrected chi connectivity index (χ0v) is 12.2. The van der Waals surface area contributed by atoms with Crippen molar-refractivity contribution in [1.29, 1.82) is 0 Å². The highest BCUT2D eigenvalue weighted by Gasteiger charge is 2.06. The number of benzene rings is 2. The van der Waals surface area contributed by atoms with E-state index in [9.17, 15) is 5.11 Å². The molecule has 20 heavy (non-hydrogen) atoms. The van der Waals surface area contributed by atoms with Crippen molar-refractivity contribution in [2.75, 3.05) is 0 Å². The van der Waals surface area contributed by atoms with Gasteiger partial charge in [0.1, 0.15) is 0 Å². The molecule has 0 aliphatic carbocycles. The van der Waals surface area contributed by atoms with Crippen LogP contribution in [-0.4, -0.2) is 9.67 Å². The molecule has 0 aliphatic heterocycles. The Morgan fingerprint density at radius 1 is 1.00 bits per heavy atom. The second kappa shape index (κ2) is 5.49. The van der Waals surface area contributed by atoms with Gasteiger partial charge in [0.05, 0.1) is 6.61 Å². The van der Waals surface area contributed by atoms with Crippen LogP contribution in [0, 0.1) is 0 Å². The van der Waals surface area contributed by atoms with Gasteiger partial charge in [-0.1, -0.05) is 35.3 Å². The summed E-state index contributed by atoms with van der Waals surface area (Å²) in [5, 5.41) is 11.8. The second-order valence-corrected chi connectivity index (χ2v) is 5.57. The van der Waals surface area contributed by atoms with Gasteiger partial charge in [-0.05, 0) is 46.8 Å². The van der Waals surface area contributed by atoms with E-state index in [1.165, 1.54) is 0 Å². The zero-order valence-electron chi connectivity index (χ0n) is 10.7. The van der Waals surface area contributed by atoms with Gasteiger partial charge < -0.3 is 9.67 Å². The van der Waals surface area contributed by atoms with Crippen LogP contribution >= 0.6 is 23.2 Å². The molecule has 0 atom stereocenters. The largest absolute Gasteiger partial charge is 0.392 e. The fraction of sp³-hybridized carbons (Fsp3) is 0.125. The van der Waals surface area contributed by atoms with Crippen LogP contribution in [-0.2, 0) is 13.2 Å². The van der Waals surface area contributed by atoms with Crippen molar-refractivity contribution in [2.45, 2.75) is 13.2 Å². The maximum atomic E-state index is 9.25. The molecular formula is C16H13Cl2NO. The number of fused-ring (bicyclic) bond motifs is 1. The van der Waals surface area contributed by atoms with E-state index in [0.29, 0.717) is 16.6 Å². The van der Waals surface area contributed by atoms with Gasteiger partial charge in [-0.15, -0.1) is 0 Å². The first kappa shape index (κ1) is 13.5. The smallest absolute Gasteiger partial charge is 0.0682 e. The second-order valence-electron chi connectivity index (χ2n) is 4.73. The minimum atomic E-state index is 0.0407. The lowest BCUT2D eigenvalue weighted by atomic mass is 10.1. The van der Waals surface area contributed by atoms with Gasteiger partial charge in [0.15, 0.2) is 0 Å². The quantitative estimate of drug-likeness (QED) is 0.758. The van der Waals surface area contributed by atoms with Crippen molar-refractivity contribution in [2.24, 2.45) is 0 Å². The molecule has 1 heterocycles. The molecule has 0 saturated heterocycles. The molecule has 0 aliphatic rings. The predicted octanol–water partition coefficient (Wildman–Crippen LogP) is 4.49. The fourth-order valence-electron chi connectivity index (χ4n) is 2.31. The van der Waals surface area contributed by atoms with Crippen LogP contribution in [0.3, 0.4) is 0 Å². The van der Waals surface area contributed by atoms with Gasteiger partial charge >= 0.3 is 0 Å². The van der Waals surface area contributed by atoms with E-state index in [1.807, 2.05) is 36.5 Å². The number of aliphatic hydroxyl groups excluding tert-OH is 1. The van der Waals surface area contributed by atoms with Crippen molar-refractivity contribution >= 4 is 34.1 Å². The predicted molar refractivity (Wildman–Crippen MR) is 83.4 cm³/mol. The molecule has 0 spiro atoms. The van der Waals surface area contributed by atoms with E-state index in [0.717, 1.165) is 22.0 Å². The summed E-state index contributed by atoms with van der Waals surface area (Å²) < 4.78 is 2.10. The molecule has 3 aromatic rings. The molecule has 2 aromatic carbocycles. The average Bonchev–Trinajstić information content (AvgIpc) is 2.85. The molecule has 0 radical (unpaired) electrons. The lowest BCUT2D eigenvalue weighted by molar-refractivity contribution is 0.282. The Kier molecular flexibility index (Phi) is 3.70. The van der Waals surface area contributed by atoms with Crippen LogP contribution in [0.2, 0.25) is 10.0 Å². The summed E-state index contributed by atoms with van der Waals surface area (Å²) >= 11 is 12.2. The third kappa shape index (κ3) is 2.55. The molecule has 1 N–H and O–H groups in total. The molecule has 0 fully saturated rings. The van der Waals surface area contributed by atoms with Crippen LogP contribution in [0.4, 0.5) is 0 Å². The Morgan fingerprint density at radius 3 is 2.65 bits per heavy atom. The molecule has 4 heteroatoms. The summed E-state index contributed by atoms with van der Waals surface area (Å²) in [6, 6.07) is 13.5. The minimum Gasteiger partial charge on any atom is -0.392 e. The van der Waals surface area contributed by atoms with E-state index in [4.69, 9.17) is 23.2 Å². The molecule has 2 nitrogen and oxygen atoms in total. The SMILES string of the molecule is OCc1ccc2ccn(Cc3cc(Cl)ccc3Cl)c2c1. The molecular weight excluding hydrogens is 293 g/mol. The standard InChI is InChI=1S/C16H13Cl2NO/c17-14-3-4-15(18)13(8-14)9-19-6-5-12-2-1-11(10-20)7-16(12)19/h1-8,20H,9-10H2. The molecule has 3 rings (SSSR count). The molecule has 102 valence electrons. The molecule has 1 aromatic heterocycles. The van der Waals surface area contributed by atoms with Crippen LogP contribution in [0.5, 0.6) is 0 Å². The van der Waals surface area contributed by atoms with Crippen LogP contribution in [0.25, 0.3) is 10.9 Å². The highest BCUT2D eigenvalue weighted by Crippen LogP contribution is 2.24. The number of nitrogens with zero attached hydrogens (tertiary/aromatic N) is 1. The average molecular weight is 306 g/mol.